The van der Waals surface area contributed by atoms with Gasteiger partial charge in [0.25, 0.3) is 5.91 Å². The standard InChI is InChI=1S/C23H31FN4O9S/c1-23(2,3)37-22(33)26(10-13-4-6-36-7-5-13)11-14-8-15-16(28(14)21(31)32)9-17(29)20(19(15)24)27-12-18(30)25-38(27,34)35/h9,13-14,29H,4-8,10-12H2,1-3H3,(H,25,30)(H,31,32)/t14-/m1/s1. The number of carboxylic acid groups (broad SMARTS) is 1. The third-order valence-corrected chi connectivity index (χ3v) is 7.92. The van der Waals surface area contributed by atoms with Crippen LogP contribution in [0, 0.1) is 11.7 Å². The van der Waals surface area contributed by atoms with E-state index in [4.69, 9.17) is 9.47 Å². The Morgan fingerprint density at radius 1 is 1.26 bits per heavy atom. The molecule has 210 valence electrons. The number of fused-ring (bicyclic) bond motifs is 1. The largest absolute Gasteiger partial charge is 0.506 e. The molecule has 3 aliphatic heterocycles. The van der Waals surface area contributed by atoms with Crippen molar-refractivity contribution in [2.45, 2.75) is 51.7 Å². The van der Waals surface area contributed by atoms with E-state index in [0.717, 1.165) is 11.0 Å². The van der Waals surface area contributed by atoms with E-state index in [9.17, 15) is 33.0 Å². The van der Waals surface area contributed by atoms with Crippen molar-refractivity contribution in [1.82, 2.24) is 9.62 Å². The van der Waals surface area contributed by atoms with Gasteiger partial charge in [0, 0.05) is 44.4 Å². The summed E-state index contributed by atoms with van der Waals surface area (Å²) in [6.07, 6.45) is -0.891. The molecule has 0 bridgehead atoms. The Morgan fingerprint density at radius 2 is 1.92 bits per heavy atom. The third kappa shape index (κ3) is 5.57. The third-order valence-electron chi connectivity index (χ3n) is 6.54. The van der Waals surface area contributed by atoms with E-state index < -0.39 is 63.7 Å². The fourth-order valence-corrected chi connectivity index (χ4v) is 6.08. The summed E-state index contributed by atoms with van der Waals surface area (Å²) in [6.45, 7) is 5.59. The lowest BCUT2D eigenvalue weighted by atomic mass is 9.99. The maximum atomic E-state index is 15.7. The number of halogens is 1. The van der Waals surface area contributed by atoms with E-state index in [1.165, 1.54) is 4.90 Å². The minimum Gasteiger partial charge on any atom is -0.506 e. The maximum absolute atomic E-state index is 15.7. The van der Waals surface area contributed by atoms with Crippen LogP contribution in [0.1, 0.15) is 39.2 Å². The number of amides is 3. The first-order valence-electron chi connectivity index (χ1n) is 12.1. The van der Waals surface area contributed by atoms with E-state index in [-0.39, 0.29) is 36.7 Å². The lowest BCUT2D eigenvalue weighted by molar-refractivity contribution is -0.117. The van der Waals surface area contributed by atoms with Gasteiger partial charge in [-0.3, -0.25) is 9.69 Å². The number of nitrogens with one attached hydrogen (secondary N) is 1. The van der Waals surface area contributed by atoms with Crippen molar-refractivity contribution in [3.8, 4) is 5.75 Å². The normalized spacial score (nSPS) is 21.3. The Labute approximate surface area is 219 Å². The fourth-order valence-electron chi connectivity index (χ4n) is 4.92. The van der Waals surface area contributed by atoms with Crippen LogP contribution in [0.4, 0.5) is 25.4 Å². The molecule has 0 aliphatic carbocycles. The quantitative estimate of drug-likeness (QED) is 0.488. The number of carbonyl (C=O) groups is 3. The van der Waals surface area contributed by atoms with Gasteiger partial charge >= 0.3 is 22.4 Å². The molecule has 1 aromatic rings. The minimum absolute atomic E-state index is 0.0936. The molecule has 0 aromatic heterocycles. The summed E-state index contributed by atoms with van der Waals surface area (Å²) >= 11 is 0. The van der Waals surface area contributed by atoms with E-state index in [1.807, 2.05) is 0 Å². The van der Waals surface area contributed by atoms with Gasteiger partial charge in [0.2, 0.25) is 0 Å². The van der Waals surface area contributed by atoms with Crippen LogP contribution in [0.3, 0.4) is 0 Å². The van der Waals surface area contributed by atoms with Gasteiger partial charge in [-0.15, -0.1) is 0 Å². The minimum atomic E-state index is -4.43. The first-order valence-corrected chi connectivity index (χ1v) is 13.6. The predicted octanol–water partition coefficient (Wildman–Crippen LogP) is 1.79. The molecule has 2 fully saturated rings. The summed E-state index contributed by atoms with van der Waals surface area (Å²) in [7, 11) is -4.43. The van der Waals surface area contributed by atoms with Crippen molar-refractivity contribution < 1.29 is 46.9 Å². The number of aromatic hydroxyl groups is 1. The number of phenols is 1. The molecule has 4 rings (SSSR count). The second-order valence-corrected chi connectivity index (χ2v) is 12.1. The van der Waals surface area contributed by atoms with Gasteiger partial charge in [0.05, 0.1) is 11.7 Å². The van der Waals surface area contributed by atoms with Crippen molar-refractivity contribution in [1.29, 1.82) is 0 Å². The second kappa shape index (κ2) is 10.1. The molecule has 38 heavy (non-hydrogen) atoms. The summed E-state index contributed by atoms with van der Waals surface area (Å²) in [6, 6.07) is 0.00479. The van der Waals surface area contributed by atoms with Crippen LogP contribution in [-0.4, -0.2) is 86.1 Å². The molecule has 1 aromatic carbocycles. The van der Waals surface area contributed by atoms with Crippen LogP contribution in [-0.2, 0) is 30.9 Å². The lowest BCUT2D eigenvalue weighted by Crippen LogP contribution is -2.49. The molecule has 2 saturated heterocycles. The van der Waals surface area contributed by atoms with Gasteiger partial charge in [0.15, 0.2) is 5.82 Å². The van der Waals surface area contributed by atoms with Gasteiger partial charge < -0.3 is 24.6 Å². The van der Waals surface area contributed by atoms with E-state index in [0.29, 0.717) is 30.4 Å². The molecule has 0 radical (unpaired) electrons. The predicted molar refractivity (Wildman–Crippen MR) is 132 cm³/mol. The SMILES string of the molecule is CC(C)(C)OC(=O)N(CC1CCOCC1)C[C@H]1Cc2c(cc(O)c(N3CC(=O)NS3(=O)=O)c2F)N1C(=O)O. The van der Waals surface area contributed by atoms with E-state index >= 15 is 4.39 Å². The van der Waals surface area contributed by atoms with Crippen LogP contribution in [0.2, 0.25) is 0 Å². The fraction of sp³-hybridized carbons (Fsp3) is 0.609. The van der Waals surface area contributed by atoms with Crippen LogP contribution >= 0.6 is 0 Å². The Morgan fingerprint density at radius 3 is 2.47 bits per heavy atom. The average molecular weight is 559 g/mol. The smallest absolute Gasteiger partial charge is 0.412 e. The van der Waals surface area contributed by atoms with Gasteiger partial charge in [-0.1, -0.05) is 0 Å². The molecule has 3 aliphatic rings. The molecular formula is C23H31FN4O9S. The lowest BCUT2D eigenvalue weighted by Gasteiger charge is -2.34. The Bertz CT molecular complexity index is 1240. The van der Waals surface area contributed by atoms with Gasteiger partial charge in [0.1, 0.15) is 23.6 Å². The Balaban J connectivity index is 1.67. The molecule has 15 heteroatoms. The highest BCUT2D eigenvalue weighted by Gasteiger charge is 2.43. The number of carbonyl (C=O) groups excluding carboxylic acids is 2. The van der Waals surface area contributed by atoms with Crippen molar-refractivity contribution in [2.24, 2.45) is 5.92 Å². The zero-order valence-electron chi connectivity index (χ0n) is 21.3. The van der Waals surface area contributed by atoms with Crippen molar-refractivity contribution >= 4 is 39.7 Å². The highest BCUT2D eigenvalue weighted by molar-refractivity contribution is 7.92. The second-order valence-electron chi connectivity index (χ2n) is 10.5. The first-order chi connectivity index (χ1) is 17.7. The van der Waals surface area contributed by atoms with E-state index in [1.54, 1.807) is 25.5 Å². The zero-order valence-corrected chi connectivity index (χ0v) is 22.1. The summed E-state index contributed by atoms with van der Waals surface area (Å²) in [5.41, 5.74) is -1.89. The number of ether oxygens (including phenoxy) is 2. The summed E-state index contributed by atoms with van der Waals surface area (Å²) < 4.78 is 53.3. The Hall–Kier alpha value is -3.33. The number of rotatable bonds is 5. The molecule has 0 saturated carbocycles. The van der Waals surface area contributed by atoms with Crippen LogP contribution in [0.25, 0.3) is 0 Å². The van der Waals surface area contributed by atoms with Gasteiger partial charge in [-0.25, -0.2) is 23.0 Å². The van der Waals surface area contributed by atoms with Crippen LogP contribution in [0.5, 0.6) is 5.75 Å². The van der Waals surface area contributed by atoms with Crippen molar-refractivity contribution in [3.63, 3.8) is 0 Å². The Kier molecular flexibility index (Phi) is 7.36. The molecule has 3 N–H and O–H groups in total. The van der Waals surface area contributed by atoms with Gasteiger partial charge in [-0.2, -0.15) is 8.42 Å². The van der Waals surface area contributed by atoms with Crippen LogP contribution in [0.15, 0.2) is 6.07 Å². The molecule has 13 nitrogen and oxygen atoms in total. The zero-order chi connectivity index (χ0) is 28.0. The van der Waals surface area contributed by atoms with Crippen molar-refractivity contribution in [3.05, 3.63) is 17.4 Å². The van der Waals surface area contributed by atoms with Crippen LogP contribution < -0.4 is 13.9 Å². The van der Waals surface area contributed by atoms with Gasteiger partial charge in [-0.05, 0) is 39.5 Å². The average Bonchev–Trinajstić information content (AvgIpc) is 3.28. The molecule has 3 heterocycles. The molecule has 3 amide bonds. The number of phenolic OH excluding ortho intramolecular Hbond substituents is 1. The number of anilines is 2. The molecule has 0 unspecified atom stereocenters. The highest BCUT2D eigenvalue weighted by Crippen LogP contribution is 2.44. The number of hydrogen-bond donors (Lipinski definition) is 3. The monoisotopic (exact) mass is 558 g/mol. The maximum Gasteiger partial charge on any atom is 0.412 e. The summed E-state index contributed by atoms with van der Waals surface area (Å²) in [5.74, 6) is -2.83. The first kappa shape index (κ1) is 27.7. The molecular weight excluding hydrogens is 527 g/mol. The number of hydrogen-bond acceptors (Lipinski definition) is 8. The highest BCUT2D eigenvalue weighted by atomic mass is 32.2. The molecule has 0 spiro atoms. The number of nitrogens with zero attached hydrogens (tertiary/aromatic N) is 3. The van der Waals surface area contributed by atoms with Crippen molar-refractivity contribution in [2.75, 3.05) is 42.1 Å². The molecule has 1 atom stereocenters. The summed E-state index contributed by atoms with van der Waals surface area (Å²) in [4.78, 5) is 39.3. The summed E-state index contributed by atoms with van der Waals surface area (Å²) in [5, 5.41) is 20.5. The number of benzene rings is 1. The topological polar surface area (TPSA) is 166 Å². The van der Waals surface area contributed by atoms with E-state index in [2.05, 4.69) is 0 Å².